The second kappa shape index (κ2) is 6.63. The fraction of sp³-hybridized carbons (Fsp3) is 0.357. The van der Waals surface area contributed by atoms with Crippen molar-refractivity contribution < 1.29 is 0 Å². The molecule has 0 aliphatic heterocycles. The van der Waals surface area contributed by atoms with Gasteiger partial charge in [0.05, 0.1) is 5.01 Å². The summed E-state index contributed by atoms with van der Waals surface area (Å²) in [5.74, 6) is 0. The summed E-state index contributed by atoms with van der Waals surface area (Å²) in [4.78, 5) is 4.56. The molecule has 0 fully saturated rings. The van der Waals surface area contributed by atoms with Crippen molar-refractivity contribution in [3.8, 4) is 0 Å². The van der Waals surface area contributed by atoms with E-state index in [1.807, 2.05) is 0 Å². The zero-order chi connectivity index (χ0) is 13.0. The number of likely N-dealkylation sites (N-methyl/N-ethyl adjacent to an activating group) is 1. The van der Waals surface area contributed by atoms with E-state index in [-0.39, 0.29) is 0 Å². The van der Waals surface area contributed by atoms with Crippen LogP contribution in [0.2, 0.25) is 0 Å². The van der Waals surface area contributed by atoms with E-state index >= 15 is 0 Å². The van der Waals surface area contributed by atoms with E-state index in [1.165, 1.54) is 14.1 Å². The quantitative estimate of drug-likeness (QED) is 0.804. The number of thiazole rings is 1. The molecule has 4 heteroatoms. The first kappa shape index (κ1) is 14.0. The van der Waals surface area contributed by atoms with Gasteiger partial charge in [-0.15, -0.1) is 11.3 Å². The summed E-state index contributed by atoms with van der Waals surface area (Å²) in [6.45, 7) is 5.17. The van der Waals surface area contributed by atoms with Crippen molar-refractivity contribution in [3.63, 3.8) is 0 Å². The van der Waals surface area contributed by atoms with E-state index in [4.69, 9.17) is 0 Å². The molecule has 0 saturated heterocycles. The molecule has 2 aromatic rings. The molecule has 0 aliphatic rings. The van der Waals surface area contributed by atoms with Gasteiger partial charge in [-0.3, -0.25) is 0 Å². The normalized spacial score (nSPS) is 12.6. The van der Waals surface area contributed by atoms with Crippen LogP contribution in [-0.4, -0.2) is 11.5 Å². The fourth-order valence-electron chi connectivity index (χ4n) is 1.97. The average Bonchev–Trinajstić information content (AvgIpc) is 2.75. The lowest BCUT2D eigenvalue weighted by molar-refractivity contribution is 0.546. The van der Waals surface area contributed by atoms with Crippen molar-refractivity contribution in [2.75, 3.05) is 6.54 Å². The van der Waals surface area contributed by atoms with Gasteiger partial charge in [0.15, 0.2) is 0 Å². The molecule has 1 atom stereocenters. The van der Waals surface area contributed by atoms with E-state index in [0.717, 1.165) is 18.7 Å². The Morgan fingerprint density at radius 2 is 2.17 bits per heavy atom. The number of aryl methyl sites for hydroxylation is 1. The fourth-order valence-corrected chi connectivity index (χ4v) is 3.55. The van der Waals surface area contributed by atoms with Crippen LogP contribution in [0.3, 0.4) is 0 Å². The topological polar surface area (TPSA) is 24.9 Å². The molecule has 1 heterocycles. The first-order chi connectivity index (χ1) is 8.70. The van der Waals surface area contributed by atoms with Crippen LogP contribution in [0.25, 0.3) is 0 Å². The number of benzene rings is 1. The molecule has 2 nitrogen and oxygen atoms in total. The number of aromatic nitrogens is 1. The molecule has 1 N–H and O–H groups in total. The summed E-state index contributed by atoms with van der Waals surface area (Å²) >= 11 is 4.16. The lowest BCUT2D eigenvalue weighted by Gasteiger charge is -2.18. The highest BCUT2D eigenvalue weighted by atomic mass is 127. The molecular formula is C14H17IN2S. The van der Waals surface area contributed by atoms with Crippen LogP contribution < -0.4 is 5.32 Å². The largest absolute Gasteiger partial charge is 0.310 e. The van der Waals surface area contributed by atoms with Gasteiger partial charge in [0.1, 0.15) is 0 Å². The molecule has 1 aromatic carbocycles. The van der Waals surface area contributed by atoms with Crippen LogP contribution in [-0.2, 0) is 6.42 Å². The number of hydrogen-bond acceptors (Lipinski definition) is 3. The highest BCUT2D eigenvalue weighted by Crippen LogP contribution is 2.24. The Hall–Kier alpha value is -0.460. The number of rotatable bonds is 5. The van der Waals surface area contributed by atoms with E-state index in [9.17, 15) is 0 Å². The molecule has 0 bridgehead atoms. The highest BCUT2D eigenvalue weighted by molar-refractivity contribution is 14.1. The van der Waals surface area contributed by atoms with E-state index in [0.29, 0.717) is 6.04 Å². The smallest absolute Gasteiger partial charge is 0.0947 e. The van der Waals surface area contributed by atoms with Crippen molar-refractivity contribution in [2.45, 2.75) is 26.3 Å². The summed E-state index contributed by atoms with van der Waals surface area (Å²) < 4.78 is 1.31. The van der Waals surface area contributed by atoms with Crippen molar-refractivity contribution in [2.24, 2.45) is 0 Å². The molecule has 96 valence electrons. The minimum absolute atomic E-state index is 0.355. The van der Waals surface area contributed by atoms with Crippen LogP contribution in [0.4, 0.5) is 0 Å². The van der Waals surface area contributed by atoms with Crippen molar-refractivity contribution in [3.05, 3.63) is 49.5 Å². The molecule has 18 heavy (non-hydrogen) atoms. The van der Waals surface area contributed by atoms with Crippen molar-refractivity contribution in [1.82, 2.24) is 10.3 Å². The Morgan fingerprint density at radius 1 is 1.39 bits per heavy atom. The van der Waals surface area contributed by atoms with E-state index in [1.54, 1.807) is 11.3 Å². The second-order valence-corrected chi connectivity index (χ2v) is 6.32. The molecule has 0 saturated carbocycles. The molecule has 0 amide bonds. The zero-order valence-corrected chi connectivity index (χ0v) is 13.6. The van der Waals surface area contributed by atoms with Crippen molar-refractivity contribution >= 4 is 33.9 Å². The minimum Gasteiger partial charge on any atom is -0.310 e. The third kappa shape index (κ3) is 3.52. The Bertz CT molecular complexity index is 510. The molecule has 0 spiro atoms. The monoisotopic (exact) mass is 372 g/mol. The molecule has 1 aromatic heterocycles. The lowest BCUT2D eigenvalue weighted by Crippen LogP contribution is -2.23. The first-order valence-corrected chi connectivity index (χ1v) is 8.05. The van der Waals surface area contributed by atoms with Crippen LogP contribution in [0.1, 0.15) is 29.2 Å². The van der Waals surface area contributed by atoms with Gasteiger partial charge in [0.2, 0.25) is 0 Å². The van der Waals surface area contributed by atoms with Crippen molar-refractivity contribution in [1.29, 1.82) is 0 Å². The van der Waals surface area contributed by atoms with Gasteiger partial charge in [-0.25, -0.2) is 4.98 Å². The minimum atomic E-state index is 0.355. The molecule has 2 rings (SSSR count). The summed E-state index contributed by atoms with van der Waals surface area (Å²) in [5, 5.41) is 6.89. The standard InChI is InChI=1S/C14H17IN2S/c1-3-16-13(8-14-17-10(2)9-18-14)11-6-4-5-7-12(11)15/h4-7,9,13,16H,3,8H2,1-2H3. The van der Waals surface area contributed by atoms with E-state index in [2.05, 4.69) is 76.4 Å². The van der Waals surface area contributed by atoms with Crippen LogP contribution in [0.15, 0.2) is 29.6 Å². The molecule has 0 radical (unpaired) electrons. The van der Waals surface area contributed by atoms with Gasteiger partial charge in [-0.05, 0) is 47.7 Å². The van der Waals surface area contributed by atoms with Crippen LogP contribution in [0, 0.1) is 10.5 Å². The summed E-state index contributed by atoms with van der Waals surface area (Å²) in [7, 11) is 0. The maximum absolute atomic E-state index is 4.56. The molecular weight excluding hydrogens is 355 g/mol. The molecule has 0 aliphatic carbocycles. The van der Waals surface area contributed by atoms with Crippen LogP contribution in [0.5, 0.6) is 0 Å². The van der Waals surface area contributed by atoms with Gasteiger partial charge in [0, 0.05) is 27.1 Å². The predicted octanol–water partition coefficient (Wildman–Crippen LogP) is 3.95. The number of nitrogens with zero attached hydrogens (tertiary/aromatic N) is 1. The summed E-state index contributed by atoms with van der Waals surface area (Å²) in [6, 6.07) is 8.91. The van der Waals surface area contributed by atoms with Gasteiger partial charge >= 0.3 is 0 Å². The van der Waals surface area contributed by atoms with Gasteiger partial charge in [-0.2, -0.15) is 0 Å². The highest BCUT2D eigenvalue weighted by Gasteiger charge is 2.15. The number of hydrogen-bond donors (Lipinski definition) is 1. The zero-order valence-electron chi connectivity index (χ0n) is 10.6. The maximum atomic E-state index is 4.56. The average molecular weight is 372 g/mol. The Morgan fingerprint density at radius 3 is 2.78 bits per heavy atom. The first-order valence-electron chi connectivity index (χ1n) is 6.09. The van der Waals surface area contributed by atoms with Gasteiger partial charge < -0.3 is 5.32 Å². The Balaban J connectivity index is 2.20. The third-order valence-corrected chi connectivity index (χ3v) is 4.75. The Labute approximate surface area is 126 Å². The SMILES string of the molecule is CCNC(Cc1nc(C)cs1)c1ccccc1I. The van der Waals surface area contributed by atoms with Gasteiger partial charge in [0.25, 0.3) is 0 Å². The summed E-state index contributed by atoms with van der Waals surface area (Å²) in [5.41, 5.74) is 2.49. The predicted molar refractivity (Wildman–Crippen MR) is 86.1 cm³/mol. The molecule has 1 unspecified atom stereocenters. The van der Waals surface area contributed by atoms with Gasteiger partial charge in [-0.1, -0.05) is 25.1 Å². The number of nitrogens with one attached hydrogen (secondary N) is 1. The third-order valence-electron chi connectivity index (χ3n) is 2.78. The van der Waals surface area contributed by atoms with Crippen LogP contribution >= 0.6 is 33.9 Å². The maximum Gasteiger partial charge on any atom is 0.0947 e. The Kier molecular flexibility index (Phi) is 5.14. The second-order valence-electron chi connectivity index (χ2n) is 4.22. The number of halogens is 1. The van der Waals surface area contributed by atoms with E-state index < -0.39 is 0 Å². The lowest BCUT2D eigenvalue weighted by atomic mass is 10.0. The summed E-state index contributed by atoms with van der Waals surface area (Å²) in [6.07, 6.45) is 0.965.